The fourth-order valence-corrected chi connectivity index (χ4v) is 4.73. The zero-order chi connectivity index (χ0) is 24.0. The average Bonchev–Trinajstić information content (AvgIpc) is 2.79. The smallest absolute Gasteiger partial charge is 0.264 e. The summed E-state index contributed by atoms with van der Waals surface area (Å²) in [6.07, 6.45) is 0. The number of nitrogens with zero attached hydrogens (tertiary/aromatic N) is 1. The molecular formula is C24H23BrN2O5S. The summed E-state index contributed by atoms with van der Waals surface area (Å²) in [7, 11) is -4.04. The maximum Gasteiger partial charge on any atom is 0.264 e. The molecule has 0 saturated carbocycles. The molecule has 3 aromatic rings. The molecule has 0 aliphatic carbocycles. The van der Waals surface area contributed by atoms with Gasteiger partial charge in [-0.25, -0.2) is 8.42 Å². The number of Topliss-reactive ketones (excluding diaryl/α,β-unsaturated/α-hetero) is 1. The molecule has 0 unspecified atom stereocenters. The van der Waals surface area contributed by atoms with E-state index in [4.69, 9.17) is 4.74 Å². The van der Waals surface area contributed by atoms with Crippen molar-refractivity contribution in [3.05, 3.63) is 82.8 Å². The number of carbonyl (C=O) groups is 2. The van der Waals surface area contributed by atoms with Crippen LogP contribution in [0, 0.1) is 0 Å². The maximum absolute atomic E-state index is 13.4. The van der Waals surface area contributed by atoms with Gasteiger partial charge >= 0.3 is 0 Å². The maximum atomic E-state index is 13.4. The van der Waals surface area contributed by atoms with Crippen LogP contribution in [-0.2, 0) is 14.8 Å². The van der Waals surface area contributed by atoms with Crippen molar-refractivity contribution in [2.24, 2.45) is 0 Å². The van der Waals surface area contributed by atoms with Gasteiger partial charge in [-0.05, 0) is 86.6 Å². The lowest BCUT2D eigenvalue weighted by Crippen LogP contribution is -2.38. The second-order valence-corrected chi connectivity index (χ2v) is 9.85. The molecule has 172 valence electrons. The highest BCUT2D eigenvalue weighted by Gasteiger charge is 2.27. The molecule has 3 rings (SSSR count). The first-order valence-corrected chi connectivity index (χ1v) is 12.4. The highest BCUT2D eigenvalue weighted by atomic mass is 79.9. The molecule has 0 atom stereocenters. The van der Waals surface area contributed by atoms with Crippen molar-refractivity contribution < 1.29 is 22.7 Å². The van der Waals surface area contributed by atoms with Crippen LogP contribution in [-0.4, -0.2) is 33.3 Å². The number of nitrogens with one attached hydrogen (secondary N) is 1. The number of rotatable bonds is 9. The topological polar surface area (TPSA) is 92.8 Å². The zero-order valence-electron chi connectivity index (χ0n) is 18.1. The van der Waals surface area contributed by atoms with Crippen LogP contribution in [0.3, 0.4) is 0 Å². The van der Waals surface area contributed by atoms with Crippen molar-refractivity contribution in [2.45, 2.75) is 18.7 Å². The first-order valence-electron chi connectivity index (χ1n) is 10.1. The Balaban J connectivity index is 1.89. The van der Waals surface area contributed by atoms with Crippen LogP contribution < -0.4 is 14.4 Å². The number of hydrogen-bond acceptors (Lipinski definition) is 5. The summed E-state index contributed by atoms with van der Waals surface area (Å²) >= 11 is 3.30. The number of anilines is 2. The van der Waals surface area contributed by atoms with Crippen molar-refractivity contribution in [1.82, 2.24) is 0 Å². The third-order valence-electron chi connectivity index (χ3n) is 4.70. The largest absolute Gasteiger partial charge is 0.494 e. The van der Waals surface area contributed by atoms with E-state index in [0.717, 1.165) is 8.78 Å². The number of halogens is 1. The van der Waals surface area contributed by atoms with E-state index in [9.17, 15) is 18.0 Å². The third kappa shape index (κ3) is 6.21. The average molecular weight is 531 g/mol. The van der Waals surface area contributed by atoms with Gasteiger partial charge in [0.1, 0.15) is 12.3 Å². The number of ether oxygens (including phenoxy) is 1. The minimum Gasteiger partial charge on any atom is -0.494 e. The number of hydrogen-bond donors (Lipinski definition) is 1. The Kier molecular flexibility index (Phi) is 7.88. The van der Waals surface area contributed by atoms with Crippen molar-refractivity contribution in [1.29, 1.82) is 0 Å². The van der Waals surface area contributed by atoms with E-state index in [-0.39, 0.29) is 10.7 Å². The van der Waals surface area contributed by atoms with E-state index in [0.29, 0.717) is 29.3 Å². The van der Waals surface area contributed by atoms with Crippen LogP contribution in [0.1, 0.15) is 24.2 Å². The lowest BCUT2D eigenvalue weighted by molar-refractivity contribution is -0.114. The second-order valence-electron chi connectivity index (χ2n) is 7.07. The summed E-state index contributed by atoms with van der Waals surface area (Å²) in [5.74, 6) is -0.0208. The van der Waals surface area contributed by atoms with Crippen molar-refractivity contribution in [2.75, 3.05) is 22.8 Å². The molecule has 0 aliphatic rings. The van der Waals surface area contributed by atoms with Gasteiger partial charge in [-0.3, -0.25) is 13.9 Å². The van der Waals surface area contributed by atoms with Gasteiger partial charge in [-0.15, -0.1) is 0 Å². The molecule has 0 heterocycles. The molecular weight excluding hydrogens is 508 g/mol. The number of amides is 1. The molecule has 0 spiro atoms. The van der Waals surface area contributed by atoms with Crippen LogP contribution in [0.5, 0.6) is 5.75 Å². The van der Waals surface area contributed by atoms with Crippen molar-refractivity contribution >= 4 is 49.0 Å². The first kappa shape index (κ1) is 24.5. The summed E-state index contributed by atoms with van der Waals surface area (Å²) in [5.41, 5.74) is 1.29. The highest BCUT2D eigenvalue weighted by Crippen LogP contribution is 2.27. The van der Waals surface area contributed by atoms with Gasteiger partial charge < -0.3 is 10.1 Å². The third-order valence-corrected chi connectivity index (χ3v) is 7.02. The Hall–Kier alpha value is -3.17. The Morgan fingerprint density at radius 2 is 1.55 bits per heavy atom. The van der Waals surface area contributed by atoms with Gasteiger partial charge in [0.2, 0.25) is 5.91 Å². The van der Waals surface area contributed by atoms with Gasteiger partial charge in [0.15, 0.2) is 5.78 Å². The van der Waals surface area contributed by atoms with E-state index in [2.05, 4.69) is 21.2 Å². The molecule has 9 heteroatoms. The zero-order valence-corrected chi connectivity index (χ0v) is 20.5. The predicted molar refractivity (Wildman–Crippen MR) is 131 cm³/mol. The number of ketones is 1. The van der Waals surface area contributed by atoms with Crippen LogP contribution in [0.4, 0.5) is 11.4 Å². The van der Waals surface area contributed by atoms with Crippen LogP contribution in [0.15, 0.2) is 82.2 Å². The molecule has 0 saturated heterocycles. The van der Waals surface area contributed by atoms with E-state index in [1.54, 1.807) is 60.7 Å². The summed E-state index contributed by atoms with van der Waals surface area (Å²) in [6, 6.07) is 19.1. The van der Waals surface area contributed by atoms with Gasteiger partial charge in [-0.1, -0.05) is 15.9 Å². The Morgan fingerprint density at radius 3 is 2.09 bits per heavy atom. The Morgan fingerprint density at radius 1 is 0.939 bits per heavy atom. The summed E-state index contributed by atoms with van der Waals surface area (Å²) in [4.78, 5) is 24.3. The fourth-order valence-electron chi connectivity index (χ4n) is 3.04. The summed E-state index contributed by atoms with van der Waals surface area (Å²) in [6.45, 7) is 3.34. The second kappa shape index (κ2) is 10.6. The molecule has 3 aromatic carbocycles. The first-order chi connectivity index (χ1) is 15.7. The summed E-state index contributed by atoms with van der Waals surface area (Å²) < 4.78 is 34.1. The molecule has 7 nitrogen and oxygen atoms in total. The van der Waals surface area contributed by atoms with Crippen LogP contribution in [0.2, 0.25) is 0 Å². The molecule has 0 aliphatic heterocycles. The van der Waals surface area contributed by atoms with Gasteiger partial charge in [0.05, 0.1) is 17.2 Å². The minimum atomic E-state index is -4.04. The van der Waals surface area contributed by atoms with E-state index in [1.165, 1.54) is 19.1 Å². The summed E-state index contributed by atoms with van der Waals surface area (Å²) in [5, 5.41) is 2.68. The normalized spacial score (nSPS) is 11.0. The van der Waals surface area contributed by atoms with Crippen LogP contribution in [0.25, 0.3) is 0 Å². The SMILES string of the molecule is CCOc1ccc(N(CC(=O)Nc2ccc(C(C)=O)cc2)S(=O)(=O)c2ccc(Br)cc2)cc1. The van der Waals surface area contributed by atoms with E-state index < -0.39 is 22.5 Å². The molecule has 0 bridgehead atoms. The van der Waals surface area contributed by atoms with Gasteiger partial charge in [-0.2, -0.15) is 0 Å². The number of carbonyl (C=O) groups excluding carboxylic acids is 2. The Bertz CT molecular complexity index is 1230. The minimum absolute atomic E-state index is 0.0539. The highest BCUT2D eigenvalue weighted by molar-refractivity contribution is 9.10. The van der Waals surface area contributed by atoms with Gasteiger partial charge in [0.25, 0.3) is 10.0 Å². The monoisotopic (exact) mass is 530 g/mol. The lowest BCUT2D eigenvalue weighted by atomic mass is 10.1. The van der Waals surface area contributed by atoms with Gasteiger partial charge in [0, 0.05) is 15.7 Å². The molecule has 33 heavy (non-hydrogen) atoms. The quantitative estimate of drug-likeness (QED) is 0.397. The predicted octanol–water partition coefficient (Wildman–Crippen LogP) is 4.88. The molecule has 0 aromatic heterocycles. The molecule has 1 amide bonds. The molecule has 1 N–H and O–H groups in total. The number of benzene rings is 3. The van der Waals surface area contributed by atoms with Crippen molar-refractivity contribution in [3.8, 4) is 5.75 Å². The fraction of sp³-hybridized carbons (Fsp3) is 0.167. The molecule has 0 fully saturated rings. The number of sulfonamides is 1. The van der Waals surface area contributed by atoms with Crippen molar-refractivity contribution in [3.63, 3.8) is 0 Å². The standard InChI is InChI=1S/C24H23BrN2O5S/c1-3-32-22-12-10-21(11-13-22)27(33(30,31)23-14-6-19(25)7-15-23)16-24(29)26-20-8-4-18(5-9-20)17(2)28/h4-15H,3,16H2,1-2H3,(H,26,29). The lowest BCUT2D eigenvalue weighted by Gasteiger charge is -2.24. The molecule has 0 radical (unpaired) electrons. The Labute approximate surface area is 201 Å². The van der Waals surface area contributed by atoms with E-state index in [1.807, 2.05) is 6.92 Å². The van der Waals surface area contributed by atoms with Crippen LogP contribution >= 0.6 is 15.9 Å². The van der Waals surface area contributed by atoms with E-state index >= 15 is 0 Å².